The van der Waals surface area contributed by atoms with Crippen LogP contribution in [-0.2, 0) is 4.79 Å². The summed E-state index contributed by atoms with van der Waals surface area (Å²) in [6.07, 6.45) is 3.97. The van der Waals surface area contributed by atoms with E-state index in [1.807, 2.05) is 6.92 Å². The molecule has 2 rings (SSSR count). The number of hydrogen-bond donors (Lipinski definition) is 2. The largest absolute Gasteiger partial charge is 0.503 e. The number of rotatable bonds is 8. The second-order valence-electron chi connectivity index (χ2n) is 4.94. The minimum absolute atomic E-state index is 0.0258. The molecule has 0 aliphatic heterocycles. The number of benzene rings is 1. The number of hydrogen-bond acceptors (Lipinski definition) is 6. The van der Waals surface area contributed by atoms with E-state index < -0.39 is 11.6 Å². The summed E-state index contributed by atoms with van der Waals surface area (Å²) in [5.74, 6) is -1.34. The zero-order valence-corrected chi connectivity index (χ0v) is 13.2. The van der Waals surface area contributed by atoms with Gasteiger partial charge in [-0.05, 0) is 31.1 Å². The summed E-state index contributed by atoms with van der Waals surface area (Å²) < 4.78 is 15.8. The number of fused-ring (bicyclic) bond motifs is 1. The number of carboxylic acid groups (broad SMARTS) is 1. The molecule has 1 aromatic heterocycles. The van der Waals surface area contributed by atoms with Crippen LogP contribution in [0.25, 0.3) is 11.0 Å². The van der Waals surface area contributed by atoms with E-state index in [2.05, 4.69) is 0 Å². The molecule has 0 aliphatic carbocycles. The topological polar surface area (TPSA) is 106 Å². The van der Waals surface area contributed by atoms with Gasteiger partial charge in [-0.2, -0.15) is 0 Å². The highest BCUT2D eigenvalue weighted by molar-refractivity contribution is 5.91. The Labute approximate surface area is 137 Å². The molecule has 1 heterocycles. The van der Waals surface area contributed by atoms with Crippen molar-refractivity contribution in [1.29, 1.82) is 0 Å². The maximum atomic E-state index is 11.9. The Kier molecular flexibility index (Phi) is 5.83. The van der Waals surface area contributed by atoms with Gasteiger partial charge in [0.1, 0.15) is 16.7 Å². The zero-order chi connectivity index (χ0) is 17.5. The molecule has 0 saturated carbocycles. The molecule has 0 saturated heterocycles. The van der Waals surface area contributed by atoms with Crippen LogP contribution >= 0.6 is 0 Å². The van der Waals surface area contributed by atoms with Gasteiger partial charge in [-0.3, -0.25) is 4.79 Å². The van der Waals surface area contributed by atoms with Gasteiger partial charge in [0.15, 0.2) is 5.75 Å². The highest BCUT2D eigenvalue weighted by atomic mass is 16.5. The molecule has 2 aromatic rings. The Morgan fingerprint density at radius 1 is 1.38 bits per heavy atom. The van der Waals surface area contributed by atoms with E-state index in [1.54, 1.807) is 18.2 Å². The lowest BCUT2D eigenvalue weighted by Crippen LogP contribution is -2.05. The Bertz CT molecular complexity index is 804. The van der Waals surface area contributed by atoms with Crippen molar-refractivity contribution in [2.45, 2.75) is 26.2 Å². The summed E-state index contributed by atoms with van der Waals surface area (Å²) >= 11 is 0. The predicted octanol–water partition coefficient (Wildman–Crippen LogP) is 3.04. The molecule has 7 heteroatoms. The highest BCUT2D eigenvalue weighted by Gasteiger charge is 2.18. The first-order chi connectivity index (χ1) is 11.5. The van der Waals surface area contributed by atoms with Crippen molar-refractivity contribution >= 4 is 16.9 Å². The van der Waals surface area contributed by atoms with Gasteiger partial charge in [-0.15, -0.1) is 0 Å². The van der Waals surface area contributed by atoms with Crippen LogP contribution in [0.5, 0.6) is 17.2 Å². The third-order valence-electron chi connectivity index (χ3n) is 3.14. The Morgan fingerprint density at radius 2 is 2.17 bits per heavy atom. The zero-order valence-electron chi connectivity index (χ0n) is 13.2. The summed E-state index contributed by atoms with van der Waals surface area (Å²) in [5, 5.41) is 19.2. The lowest BCUT2D eigenvalue weighted by Gasteiger charge is -2.11. The van der Waals surface area contributed by atoms with Crippen LogP contribution in [0.15, 0.2) is 39.7 Å². The Morgan fingerprint density at radius 3 is 2.88 bits per heavy atom. The van der Waals surface area contributed by atoms with Gasteiger partial charge >= 0.3 is 11.6 Å². The SMILES string of the molecule is CCC=COc1c(O)c2c(OCCCC(=O)O)cccc2oc1=O. The standard InChI is InChI=1S/C17H18O7/c1-2-3-9-23-16-15(20)14-11(22-10-5-8-13(18)19)6-4-7-12(14)24-17(16)21/h3-4,6-7,9,20H,2,5,8,10H2,1H3,(H,18,19). The third-order valence-corrected chi connectivity index (χ3v) is 3.14. The fourth-order valence-electron chi connectivity index (χ4n) is 2.03. The van der Waals surface area contributed by atoms with E-state index in [9.17, 15) is 14.7 Å². The number of carbonyl (C=O) groups is 1. The first-order valence-electron chi connectivity index (χ1n) is 7.49. The van der Waals surface area contributed by atoms with Crippen LogP contribution < -0.4 is 15.1 Å². The summed E-state index contributed by atoms with van der Waals surface area (Å²) in [6.45, 7) is 2.04. The molecule has 128 valence electrons. The third kappa shape index (κ3) is 4.07. The smallest absolute Gasteiger partial charge is 0.383 e. The molecule has 0 fully saturated rings. The van der Waals surface area contributed by atoms with E-state index in [4.69, 9.17) is 19.0 Å². The van der Waals surface area contributed by atoms with E-state index in [-0.39, 0.29) is 41.2 Å². The Balaban J connectivity index is 2.35. The number of aliphatic carboxylic acids is 1. The molecular weight excluding hydrogens is 316 g/mol. The van der Waals surface area contributed by atoms with Crippen LogP contribution in [-0.4, -0.2) is 22.8 Å². The van der Waals surface area contributed by atoms with E-state index in [0.717, 1.165) is 0 Å². The van der Waals surface area contributed by atoms with E-state index in [1.165, 1.54) is 12.3 Å². The predicted molar refractivity (Wildman–Crippen MR) is 86.6 cm³/mol. The molecule has 0 unspecified atom stereocenters. The molecular formula is C17H18O7. The van der Waals surface area contributed by atoms with Crippen molar-refractivity contribution in [2.75, 3.05) is 6.61 Å². The quantitative estimate of drug-likeness (QED) is 0.434. The molecule has 0 spiro atoms. The van der Waals surface area contributed by atoms with Gasteiger partial charge in [-0.25, -0.2) is 4.79 Å². The molecule has 1 aromatic carbocycles. The second kappa shape index (κ2) is 8.05. The van der Waals surface area contributed by atoms with Crippen molar-refractivity contribution in [1.82, 2.24) is 0 Å². The Hall–Kier alpha value is -2.96. The molecule has 2 N–H and O–H groups in total. The average molecular weight is 334 g/mol. The van der Waals surface area contributed by atoms with Gasteiger partial charge in [-0.1, -0.05) is 13.0 Å². The van der Waals surface area contributed by atoms with Gasteiger partial charge in [0, 0.05) is 6.42 Å². The summed E-state index contributed by atoms with van der Waals surface area (Å²) in [4.78, 5) is 22.4. The number of carboxylic acids is 1. The lowest BCUT2D eigenvalue weighted by molar-refractivity contribution is -0.137. The first kappa shape index (κ1) is 17.4. The van der Waals surface area contributed by atoms with Gasteiger partial charge < -0.3 is 24.1 Å². The van der Waals surface area contributed by atoms with E-state index in [0.29, 0.717) is 12.8 Å². The van der Waals surface area contributed by atoms with E-state index >= 15 is 0 Å². The van der Waals surface area contributed by atoms with Gasteiger partial charge in [0.25, 0.3) is 5.75 Å². The molecule has 0 bridgehead atoms. The molecule has 0 aliphatic rings. The lowest BCUT2D eigenvalue weighted by atomic mass is 10.2. The normalized spacial score (nSPS) is 11.0. The average Bonchev–Trinajstić information content (AvgIpc) is 2.54. The van der Waals surface area contributed by atoms with Crippen molar-refractivity contribution < 1.29 is 28.9 Å². The fourth-order valence-corrected chi connectivity index (χ4v) is 2.03. The molecule has 0 amide bonds. The minimum Gasteiger partial charge on any atom is -0.503 e. The van der Waals surface area contributed by atoms with Crippen LogP contribution in [0.1, 0.15) is 26.2 Å². The number of aromatic hydroxyl groups is 1. The first-order valence-corrected chi connectivity index (χ1v) is 7.49. The molecule has 0 radical (unpaired) electrons. The van der Waals surface area contributed by atoms with Gasteiger partial charge in [0.05, 0.1) is 12.9 Å². The van der Waals surface area contributed by atoms with Crippen LogP contribution in [0, 0.1) is 0 Å². The highest BCUT2D eigenvalue weighted by Crippen LogP contribution is 2.37. The number of ether oxygens (including phenoxy) is 2. The summed E-state index contributed by atoms with van der Waals surface area (Å²) in [7, 11) is 0. The van der Waals surface area contributed by atoms with Crippen molar-refractivity contribution in [2.24, 2.45) is 0 Å². The second-order valence-corrected chi connectivity index (χ2v) is 4.94. The summed E-state index contributed by atoms with van der Waals surface area (Å²) in [5.41, 5.74) is -0.649. The summed E-state index contributed by atoms with van der Waals surface area (Å²) in [6, 6.07) is 4.72. The van der Waals surface area contributed by atoms with Crippen molar-refractivity contribution in [3.8, 4) is 17.2 Å². The molecule has 24 heavy (non-hydrogen) atoms. The number of allylic oxidation sites excluding steroid dienone is 1. The van der Waals surface area contributed by atoms with Crippen molar-refractivity contribution in [3.63, 3.8) is 0 Å². The maximum absolute atomic E-state index is 11.9. The van der Waals surface area contributed by atoms with Gasteiger partial charge in [0.2, 0.25) is 0 Å². The van der Waals surface area contributed by atoms with Crippen LogP contribution in [0.2, 0.25) is 0 Å². The molecule has 0 atom stereocenters. The van der Waals surface area contributed by atoms with Crippen LogP contribution in [0.3, 0.4) is 0 Å². The van der Waals surface area contributed by atoms with Crippen LogP contribution in [0.4, 0.5) is 0 Å². The maximum Gasteiger partial charge on any atom is 0.383 e. The monoisotopic (exact) mass is 334 g/mol. The fraction of sp³-hybridized carbons (Fsp3) is 0.294. The minimum atomic E-state index is -0.913. The molecule has 7 nitrogen and oxygen atoms in total. The van der Waals surface area contributed by atoms with Crippen molar-refractivity contribution in [3.05, 3.63) is 41.0 Å².